The molecule has 0 saturated heterocycles. The van der Waals surface area contributed by atoms with Crippen LogP contribution in [0.1, 0.15) is 149 Å². The highest BCUT2D eigenvalue weighted by Crippen LogP contribution is 2.11. The van der Waals surface area contributed by atoms with Crippen molar-refractivity contribution in [1.29, 1.82) is 0 Å². The topological polar surface area (TPSA) is 89.8 Å². The van der Waals surface area contributed by atoms with Gasteiger partial charge in [0.05, 0.1) is 18.8 Å². The van der Waals surface area contributed by atoms with Gasteiger partial charge in [0.1, 0.15) is 6.10 Å². The molecule has 0 rings (SSSR count). The molecule has 5 nitrogen and oxygen atoms in total. The Hall–Kier alpha value is -1.43. The molecule has 1 amide bonds. The molecule has 5 heteroatoms. The Balaban J connectivity index is 3.85. The third-order valence-electron chi connectivity index (χ3n) is 7.20. The predicted molar refractivity (Wildman–Crippen MR) is 167 cm³/mol. The Morgan fingerprint density at radius 1 is 0.615 bits per heavy atom. The van der Waals surface area contributed by atoms with Crippen LogP contribution in [0.15, 0.2) is 36.5 Å². The second kappa shape index (κ2) is 29.6. The first-order valence-corrected chi connectivity index (χ1v) is 16.3. The van der Waals surface area contributed by atoms with E-state index in [1.54, 1.807) is 6.08 Å². The van der Waals surface area contributed by atoms with Gasteiger partial charge in [-0.1, -0.05) is 127 Å². The first kappa shape index (κ1) is 37.6. The summed E-state index contributed by atoms with van der Waals surface area (Å²) in [5.41, 5.74) is 0. The number of aliphatic hydroxyl groups is 3. The van der Waals surface area contributed by atoms with Gasteiger partial charge in [-0.25, -0.2) is 0 Å². The van der Waals surface area contributed by atoms with Gasteiger partial charge in [-0.2, -0.15) is 0 Å². The number of amides is 1. The Morgan fingerprint density at radius 2 is 1.05 bits per heavy atom. The Morgan fingerprint density at radius 3 is 1.59 bits per heavy atom. The van der Waals surface area contributed by atoms with Crippen molar-refractivity contribution in [2.45, 2.75) is 167 Å². The van der Waals surface area contributed by atoms with Crippen molar-refractivity contribution in [2.24, 2.45) is 0 Å². The maximum Gasteiger partial charge on any atom is 0.249 e. The number of allylic oxidation sites excluding steroid dienone is 5. The van der Waals surface area contributed by atoms with Crippen molar-refractivity contribution in [2.75, 3.05) is 6.61 Å². The van der Waals surface area contributed by atoms with Crippen LogP contribution in [0.5, 0.6) is 0 Å². The third-order valence-corrected chi connectivity index (χ3v) is 7.20. The molecule has 3 atom stereocenters. The molecule has 4 N–H and O–H groups in total. The van der Waals surface area contributed by atoms with E-state index in [4.69, 9.17) is 0 Å². The van der Waals surface area contributed by atoms with Crippen LogP contribution in [0, 0.1) is 0 Å². The van der Waals surface area contributed by atoms with E-state index in [0.29, 0.717) is 6.42 Å². The summed E-state index contributed by atoms with van der Waals surface area (Å²) in [6.45, 7) is 4.09. The van der Waals surface area contributed by atoms with E-state index in [0.717, 1.165) is 51.4 Å². The molecule has 0 bridgehead atoms. The van der Waals surface area contributed by atoms with Crippen LogP contribution in [0.4, 0.5) is 0 Å². The number of hydrogen-bond acceptors (Lipinski definition) is 4. The number of aliphatic hydroxyl groups excluding tert-OH is 3. The van der Waals surface area contributed by atoms with E-state index >= 15 is 0 Å². The number of hydrogen-bond donors (Lipinski definition) is 4. The van der Waals surface area contributed by atoms with E-state index in [1.165, 1.54) is 77.0 Å². The second-order valence-electron chi connectivity index (χ2n) is 11.0. The highest BCUT2D eigenvalue weighted by atomic mass is 16.3. The number of carbonyl (C=O) groups excluding carboxylic acids is 1. The first-order valence-electron chi connectivity index (χ1n) is 16.3. The van der Waals surface area contributed by atoms with Crippen LogP contribution in [0.2, 0.25) is 0 Å². The molecule has 0 aliphatic heterocycles. The Bertz CT molecular complexity index is 616. The van der Waals surface area contributed by atoms with Gasteiger partial charge < -0.3 is 20.6 Å². The minimum absolute atomic E-state index is 0.381. The van der Waals surface area contributed by atoms with Crippen molar-refractivity contribution in [3.8, 4) is 0 Å². The maximum absolute atomic E-state index is 12.3. The predicted octanol–water partition coefficient (Wildman–Crippen LogP) is 8.09. The van der Waals surface area contributed by atoms with E-state index in [1.807, 2.05) is 6.08 Å². The van der Waals surface area contributed by atoms with Gasteiger partial charge in [-0.15, -0.1) is 0 Å². The van der Waals surface area contributed by atoms with E-state index in [-0.39, 0.29) is 6.61 Å². The molecule has 39 heavy (non-hydrogen) atoms. The molecule has 0 aromatic heterocycles. The van der Waals surface area contributed by atoms with Crippen molar-refractivity contribution in [3.63, 3.8) is 0 Å². The molecule has 0 fully saturated rings. The van der Waals surface area contributed by atoms with Gasteiger partial charge in [-0.05, 0) is 57.8 Å². The minimum atomic E-state index is -1.11. The van der Waals surface area contributed by atoms with Gasteiger partial charge >= 0.3 is 0 Å². The number of unbranched alkanes of at least 4 members (excludes halogenated alkanes) is 16. The molecule has 0 aliphatic rings. The lowest BCUT2D eigenvalue weighted by molar-refractivity contribution is -0.131. The molecule has 228 valence electrons. The zero-order chi connectivity index (χ0) is 28.8. The van der Waals surface area contributed by atoms with Crippen molar-refractivity contribution < 1.29 is 20.1 Å². The lowest BCUT2D eigenvalue weighted by Gasteiger charge is -2.21. The fraction of sp³-hybridized carbons (Fsp3) is 0.794. The van der Waals surface area contributed by atoms with Gasteiger partial charge in [0.2, 0.25) is 5.91 Å². The van der Waals surface area contributed by atoms with Crippen LogP contribution in [-0.4, -0.2) is 46.1 Å². The molecule has 0 heterocycles. The molecule has 0 aliphatic carbocycles. The SMILES string of the molecule is CCCCCC/C=C/CC/C=C/C(O)C(CO)NC(=O)C(O)CCCCCC/C=C\CCCCCCCCC. The summed E-state index contributed by atoms with van der Waals surface area (Å²) in [5.74, 6) is -0.527. The fourth-order valence-electron chi connectivity index (χ4n) is 4.54. The molecule has 0 aromatic rings. The summed E-state index contributed by atoms with van der Waals surface area (Å²) in [7, 11) is 0. The van der Waals surface area contributed by atoms with E-state index in [2.05, 4.69) is 43.5 Å². The van der Waals surface area contributed by atoms with Crippen molar-refractivity contribution in [3.05, 3.63) is 36.5 Å². The van der Waals surface area contributed by atoms with Gasteiger partial charge in [0.25, 0.3) is 0 Å². The van der Waals surface area contributed by atoms with Crippen LogP contribution in [-0.2, 0) is 4.79 Å². The molecule has 3 unspecified atom stereocenters. The van der Waals surface area contributed by atoms with Gasteiger partial charge in [-0.3, -0.25) is 4.79 Å². The number of nitrogens with one attached hydrogen (secondary N) is 1. The summed E-state index contributed by atoms with van der Waals surface area (Å²) < 4.78 is 0. The Labute approximate surface area is 241 Å². The minimum Gasteiger partial charge on any atom is -0.394 e. The Kier molecular flexibility index (Phi) is 28.5. The molecule has 0 aromatic carbocycles. The summed E-state index contributed by atoms with van der Waals surface area (Å²) in [6.07, 6.45) is 34.4. The van der Waals surface area contributed by atoms with Crippen molar-refractivity contribution in [1.82, 2.24) is 5.32 Å². The van der Waals surface area contributed by atoms with Crippen LogP contribution in [0.25, 0.3) is 0 Å². The normalized spacial score (nSPS) is 14.5. The fourth-order valence-corrected chi connectivity index (χ4v) is 4.54. The number of rotatable bonds is 28. The van der Waals surface area contributed by atoms with E-state index < -0.39 is 24.2 Å². The third kappa shape index (κ3) is 25.3. The first-order chi connectivity index (χ1) is 19.1. The highest BCUT2D eigenvalue weighted by molar-refractivity contribution is 5.80. The zero-order valence-electron chi connectivity index (χ0n) is 25.5. The van der Waals surface area contributed by atoms with Crippen LogP contribution in [0.3, 0.4) is 0 Å². The van der Waals surface area contributed by atoms with Gasteiger partial charge in [0.15, 0.2) is 0 Å². The maximum atomic E-state index is 12.3. The molecule has 0 spiro atoms. The van der Waals surface area contributed by atoms with Crippen molar-refractivity contribution >= 4 is 5.91 Å². The van der Waals surface area contributed by atoms with Crippen LogP contribution < -0.4 is 5.32 Å². The average molecular weight is 550 g/mol. The lowest BCUT2D eigenvalue weighted by Crippen LogP contribution is -2.48. The summed E-state index contributed by atoms with van der Waals surface area (Å²) in [5, 5.41) is 32.7. The smallest absolute Gasteiger partial charge is 0.249 e. The van der Waals surface area contributed by atoms with E-state index in [9.17, 15) is 20.1 Å². The molecule has 0 radical (unpaired) electrons. The summed E-state index contributed by atoms with van der Waals surface area (Å²) >= 11 is 0. The largest absolute Gasteiger partial charge is 0.394 e. The molecular formula is C34H63NO4. The quantitative estimate of drug-likeness (QED) is 0.0586. The highest BCUT2D eigenvalue weighted by Gasteiger charge is 2.22. The monoisotopic (exact) mass is 549 g/mol. The summed E-state index contributed by atoms with van der Waals surface area (Å²) in [6, 6.07) is -0.814. The second-order valence-corrected chi connectivity index (χ2v) is 11.0. The standard InChI is InChI=1S/C34H63NO4/c1-3-5-7-9-11-13-15-16-17-18-19-21-23-25-27-29-33(38)34(39)35-31(30-36)32(37)28-26-24-22-20-14-12-10-8-6-4-2/h14,17-18,20,26,28,31-33,36-38H,3-13,15-16,19,21-25,27,29-30H2,1-2H3,(H,35,39)/b18-17-,20-14+,28-26+. The lowest BCUT2D eigenvalue weighted by atomic mass is 10.1. The zero-order valence-corrected chi connectivity index (χ0v) is 25.5. The number of carbonyl (C=O) groups is 1. The van der Waals surface area contributed by atoms with Gasteiger partial charge in [0, 0.05) is 0 Å². The molecular weight excluding hydrogens is 486 g/mol. The average Bonchev–Trinajstić information content (AvgIpc) is 2.94. The van der Waals surface area contributed by atoms with Crippen LogP contribution >= 0.6 is 0 Å². The summed E-state index contributed by atoms with van der Waals surface area (Å²) in [4.78, 5) is 12.3. The molecule has 0 saturated carbocycles.